The van der Waals surface area contributed by atoms with E-state index in [9.17, 15) is 4.79 Å². The van der Waals surface area contributed by atoms with Gasteiger partial charge in [-0.05, 0) is 28.8 Å². The second-order valence-electron chi connectivity index (χ2n) is 5.23. The normalized spacial score (nSPS) is 16.9. The number of nitrogens with zero attached hydrogens (tertiary/aromatic N) is 3. The molecule has 2 N–H and O–H groups in total. The van der Waals surface area contributed by atoms with Crippen LogP contribution in [-0.4, -0.2) is 29.0 Å². The highest BCUT2D eigenvalue weighted by Crippen LogP contribution is 2.25. The summed E-state index contributed by atoms with van der Waals surface area (Å²) >= 11 is 3.43. The highest BCUT2D eigenvalue weighted by atomic mass is 79.9. The Bertz CT molecular complexity index is 470. The molecule has 1 amide bonds. The average Bonchev–Trinajstić information content (AvgIpc) is 2.38. The summed E-state index contributed by atoms with van der Waals surface area (Å²) in [4.78, 5) is 22.3. The maximum Gasteiger partial charge on any atom is 0.220 e. The van der Waals surface area contributed by atoms with E-state index in [1.807, 2.05) is 6.07 Å². The topological polar surface area (TPSA) is 72.1 Å². The Morgan fingerprint density at radius 3 is 2.58 bits per heavy atom. The van der Waals surface area contributed by atoms with Crippen LogP contribution in [0.25, 0.3) is 0 Å². The van der Waals surface area contributed by atoms with E-state index in [-0.39, 0.29) is 11.8 Å². The summed E-state index contributed by atoms with van der Waals surface area (Å²) in [6.07, 6.45) is 1.60. The maximum absolute atomic E-state index is 11.2. The molecule has 1 fully saturated rings. The number of primary amides is 1. The summed E-state index contributed by atoms with van der Waals surface area (Å²) in [6.45, 7) is 5.78. The van der Waals surface area contributed by atoms with Crippen LogP contribution in [0.3, 0.4) is 0 Å². The molecular weight excluding hydrogens is 308 g/mol. The van der Waals surface area contributed by atoms with E-state index in [1.165, 1.54) is 0 Å². The van der Waals surface area contributed by atoms with Crippen molar-refractivity contribution in [3.05, 3.63) is 16.5 Å². The largest absolute Gasteiger partial charge is 0.369 e. The molecule has 19 heavy (non-hydrogen) atoms. The van der Waals surface area contributed by atoms with Gasteiger partial charge in [0, 0.05) is 31.0 Å². The van der Waals surface area contributed by atoms with Crippen molar-refractivity contribution in [2.75, 3.05) is 18.0 Å². The first-order valence-corrected chi connectivity index (χ1v) is 7.35. The quantitative estimate of drug-likeness (QED) is 0.863. The first kappa shape index (κ1) is 14.2. The standard InChI is InChI=1S/C13H19BrN4O/c1-8(2)13-16-10(14)7-11(17-13)18-5-3-9(4-6-18)12(15)19/h7-9H,3-6H2,1-2H3,(H2,15,19). The molecule has 0 aromatic carbocycles. The van der Waals surface area contributed by atoms with Crippen LogP contribution in [0.2, 0.25) is 0 Å². The number of piperidine rings is 1. The Morgan fingerprint density at radius 2 is 2.05 bits per heavy atom. The first-order chi connectivity index (χ1) is 8.97. The third kappa shape index (κ3) is 3.43. The lowest BCUT2D eigenvalue weighted by atomic mass is 9.96. The van der Waals surface area contributed by atoms with Gasteiger partial charge in [-0.2, -0.15) is 0 Å². The molecule has 0 bridgehead atoms. The number of amides is 1. The van der Waals surface area contributed by atoms with Crippen molar-refractivity contribution >= 4 is 27.7 Å². The van der Waals surface area contributed by atoms with Crippen LogP contribution in [0.15, 0.2) is 10.7 Å². The van der Waals surface area contributed by atoms with Crippen LogP contribution in [0.4, 0.5) is 5.82 Å². The van der Waals surface area contributed by atoms with Gasteiger partial charge in [0.1, 0.15) is 16.2 Å². The minimum Gasteiger partial charge on any atom is -0.369 e. The zero-order valence-electron chi connectivity index (χ0n) is 11.3. The zero-order valence-corrected chi connectivity index (χ0v) is 12.9. The van der Waals surface area contributed by atoms with E-state index in [0.29, 0.717) is 5.92 Å². The van der Waals surface area contributed by atoms with E-state index in [4.69, 9.17) is 5.73 Å². The van der Waals surface area contributed by atoms with Crippen molar-refractivity contribution in [3.8, 4) is 0 Å². The molecule has 1 saturated heterocycles. The predicted molar refractivity (Wildman–Crippen MR) is 78.0 cm³/mol. The summed E-state index contributed by atoms with van der Waals surface area (Å²) in [6, 6.07) is 1.93. The number of hydrogen-bond acceptors (Lipinski definition) is 4. The molecule has 0 spiro atoms. The second-order valence-corrected chi connectivity index (χ2v) is 6.04. The molecule has 5 nitrogen and oxygen atoms in total. The van der Waals surface area contributed by atoms with Crippen LogP contribution in [-0.2, 0) is 4.79 Å². The van der Waals surface area contributed by atoms with Crippen LogP contribution in [0, 0.1) is 5.92 Å². The van der Waals surface area contributed by atoms with E-state index in [0.717, 1.165) is 42.2 Å². The number of anilines is 1. The Hall–Kier alpha value is -1.17. The van der Waals surface area contributed by atoms with E-state index in [1.54, 1.807) is 0 Å². The number of nitrogens with two attached hydrogens (primary N) is 1. The summed E-state index contributed by atoms with van der Waals surface area (Å²) in [5.41, 5.74) is 5.35. The van der Waals surface area contributed by atoms with Crippen LogP contribution < -0.4 is 10.6 Å². The molecule has 1 aromatic heterocycles. The van der Waals surface area contributed by atoms with E-state index in [2.05, 4.69) is 44.6 Å². The Kier molecular flexibility index (Phi) is 4.39. The molecule has 1 aliphatic rings. The summed E-state index contributed by atoms with van der Waals surface area (Å²) < 4.78 is 0.804. The number of carbonyl (C=O) groups is 1. The van der Waals surface area contributed by atoms with Crippen molar-refractivity contribution < 1.29 is 4.79 Å². The Labute approximate surface area is 121 Å². The average molecular weight is 327 g/mol. The van der Waals surface area contributed by atoms with Gasteiger partial charge in [0.05, 0.1) is 0 Å². The van der Waals surface area contributed by atoms with Crippen LogP contribution in [0.1, 0.15) is 38.4 Å². The smallest absolute Gasteiger partial charge is 0.220 e. The highest BCUT2D eigenvalue weighted by Gasteiger charge is 2.24. The van der Waals surface area contributed by atoms with Gasteiger partial charge in [0.25, 0.3) is 0 Å². The monoisotopic (exact) mass is 326 g/mol. The van der Waals surface area contributed by atoms with Crippen molar-refractivity contribution in [3.63, 3.8) is 0 Å². The van der Waals surface area contributed by atoms with Crippen molar-refractivity contribution in [1.82, 2.24) is 9.97 Å². The molecular formula is C13H19BrN4O. The van der Waals surface area contributed by atoms with Gasteiger partial charge in [-0.1, -0.05) is 13.8 Å². The number of halogens is 1. The van der Waals surface area contributed by atoms with Gasteiger partial charge in [-0.3, -0.25) is 4.79 Å². The fourth-order valence-corrected chi connectivity index (χ4v) is 2.62. The number of aromatic nitrogens is 2. The predicted octanol–water partition coefficient (Wildman–Crippen LogP) is 2.06. The minimum absolute atomic E-state index is 0.00565. The maximum atomic E-state index is 11.2. The van der Waals surface area contributed by atoms with Crippen LogP contribution >= 0.6 is 15.9 Å². The lowest BCUT2D eigenvalue weighted by Crippen LogP contribution is -2.39. The van der Waals surface area contributed by atoms with Gasteiger partial charge in [-0.15, -0.1) is 0 Å². The minimum atomic E-state index is -0.189. The SMILES string of the molecule is CC(C)c1nc(Br)cc(N2CCC(C(N)=O)CC2)n1. The fraction of sp³-hybridized carbons (Fsp3) is 0.615. The molecule has 2 heterocycles. The highest BCUT2D eigenvalue weighted by molar-refractivity contribution is 9.10. The van der Waals surface area contributed by atoms with Crippen molar-refractivity contribution in [1.29, 1.82) is 0 Å². The van der Waals surface area contributed by atoms with Gasteiger partial charge < -0.3 is 10.6 Å². The molecule has 2 rings (SSSR count). The molecule has 6 heteroatoms. The third-order valence-corrected chi connectivity index (χ3v) is 3.84. The van der Waals surface area contributed by atoms with Gasteiger partial charge in [-0.25, -0.2) is 9.97 Å². The molecule has 0 aliphatic carbocycles. The van der Waals surface area contributed by atoms with E-state index < -0.39 is 0 Å². The fourth-order valence-electron chi connectivity index (χ4n) is 2.24. The van der Waals surface area contributed by atoms with Gasteiger partial charge in [0.15, 0.2) is 0 Å². The number of rotatable bonds is 3. The van der Waals surface area contributed by atoms with Crippen LogP contribution in [0.5, 0.6) is 0 Å². The summed E-state index contributed by atoms with van der Waals surface area (Å²) in [7, 11) is 0. The zero-order chi connectivity index (χ0) is 14.0. The Morgan fingerprint density at radius 1 is 1.42 bits per heavy atom. The third-order valence-electron chi connectivity index (χ3n) is 3.44. The lowest BCUT2D eigenvalue weighted by molar-refractivity contribution is -0.122. The molecule has 1 aliphatic heterocycles. The molecule has 104 valence electrons. The summed E-state index contributed by atoms with van der Waals surface area (Å²) in [5, 5.41) is 0. The first-order valence-electron chi connectivity index (χ1n) is 6.56. The number of carbonyl (C=O) groups excluding carboxylic acids is 1. The second kappa shape index (κ2) is 5.86. The van der Waals surface area contributed by atoms with E-state index >= 15 is 0 Å². The molecule has 1 aromatic rings. The molecule has 0 radical (unpaired) electrons. The molecule has 0 saturated carbocycles. The van der Waals surface area contributed by atoms with Gasteiger partial charge >= 0.3 is 0 Å². The van der Waals surface area contributed by atoms with Crippen molar-refractivity contribution in [2.24, 2.45) is 11.7 Å². The van der Waals surface area contributed by atoms with Gasteiger partial charge in [0.2, 0.25) is 5.91 Å². The molecule has 0 unspecified atom stereocenters. The molecule has 0 atom stereocenters. The Balaban J connectivity index is 2.13. The summed E-state index contributed by atoms with van der Waals surface area (Å²) in [5.74, 6) is 1.87. The lowest BCUT2D eigenvalue weighted by Gasteiger charge is -2.31. The number of hydrogen-bond donors (Lipinski definition) is 1. The van der Waals surface area contributed by atoms with Crippen molar-refractivity contribution in [2.45, 2.75) is 32.6 Å².